The van der Waals surface area contributed by atoms with Gasteiger partial charge in [-0.3, -0.25) is 19.4 Å². The van der Waals surface area contributed by atoms with Crippen LogP contribution in [0.3, 0.4) is 0 Å². The second-order valence-electron chi connectivity index (χ2n) is 25.3. The number of amides is 2. The van der Waals surface area contributed by atoms with Crippen molar-refractivity contribution in [2.24, 2.45) is 11.8 Å². The van der Waals surface area contributed by atoms with Crippen molar-refractivity contribution in [3.05, 3.63) is 83.2 Å². The van der Waals surface area contributed by atoms with Crippen molar-refractivity contribution in [2.45, 2.75) is 158 Å². The van der Waals surface area contributed by atoms with E-state index < -0.39 is 23.7 Å². The lowest BCUT2D eigenvalue weighted by molar-refractivity contribution is -0.141. The summed E-state index contributed by atoms with van der Waals surface area (Å²) >= 11 is 1.60. The molecular formula is C62H83FN12O6S. The molecular weight excluding hydrogens is 1060 g/mol. The molecule has 6 saturated heterocycles. The first-order valence-corrected chi connectivity index (χ1v) is 31.2. The Balaban J connectivity index is 0.546. The third-order valence-corrected chi connectivity index (χ3v) is 20.5. The molecule has 2 amide bonds. The number of likely N-dealkylation sites (tertiary alicyclic amines) is 3. The number of nitrogens with zero attached hydrogens (tertiary/aromatic N) is 10. The number of thiazole rings is 1. The molecule has 7 aliphatic rings. The third-order valence-electron chi connectivity index (χ3n) is 19.5. The fraction of sp³-hybridized carbons (Fsp3) is 0.613. The molecule has 3 aromatic heterocycles. The van der Waals surface area contributed by atoms with Gasteiger partial charge in [-0.1, -0.05) is 55.4 Å². The van der Waals surface area contributed by atoms with E-state index in [2.05, 4.69) is 50.2 Å². The van der Waals surface area contributed by atoms with E-state index in [1.54, 1.807) is 28.4 Å². The van der Waals surface area contributed by atoms with Gasteiger partial charge in [0.25, 0.3) is 0 Å². The number of fused-ring (bicyclic) bond motifs is 2. The maximum atomic E-state index is 16.7. The molecule has 5 N–H and O–H groups in total. The number of hydrogen-bond donors (Lipinski definition) is 4. The van der Waals surface area contributed by atoms with Gasteiger partial charge in [0, 0.05) is 108 Å². The number of aromatic hydroxyl groups is 1. The predicted molar refractivity (Wildman–Crippen MR) is 315 cm³/mol. The van der Waals surface area contributed by atoms with E-state index in [1.165, 1.54) is 0 Å². The van der Waals surface area contributed by atoms with Crippen LogP contribution in [0.5, 0.6) is 5.75 Å². The maximum Gasteiger partial charge on any atom is 0.243 e. The van der Waals surface area contributed by atoms with Crippen LogP contribution in [0.2, 0.25) is 0 Å². The first-order valence-electron chi connectivity index (χ1n) is 30.4. The summed E-state index contributed by atoms with van der Waals surface area (Å²) in [5.74, 6) is 1.04. The number of benzene rings is 2. The zero-order valence-corrected chi connectivity index (χ0v) is 48.9. The zero-order valence-electron chi connectivity index (χ0n) is 48.1. The third kappa shape index (κ3) is 12.1. The minimum atomic E-state index is -1.19. The highest BCUT2D eigenvalue weighted by Gasteiger charge is 2.48. The number of aliphatic hydroxyl groups is 1. The number of alkyl halides is 1. The van der Waals surface area contributed by atoms with E-state index in [-0.39, 0.29) is 54.6 Å². The van der Waals surface area contributed by atoms with Gasteiger partial charge in [-0.2, -0.15) is 0 Å². The number of halogens is 1. The molecule has 2 unspecified atom stereocenters. The molecule has 1 saturated carbocycles. The fourth-order valence-corrected chi connectivity index (χ4v) is 15.3. The summed E-state index contributed by atoms with van der Waals surface area (Å²) in [5.41, 5.74) is 12.1. The van der Waals surface area contributed by atoms with Gasteiger partial charge < -0.3 is 50.1 Å². The summed E-state index contributed by atoms with van der Waals surface area (Å²) < 4.78 is 29.4. The molecule has 1 aliphatic carbocycles. The van der Waals surface area contributed by atoms with E-state index in [9.17, 15) is 19.8 Å². The number of carbonyl (C=O) groups excluding carboxylic acids is 2. The van der Waals surface area contributed by atoms with Gasteiger partial charge in [-0.25, -0.2) is 9.37 Å². The minimum Gasteiger partial charge on any atom is -0.507 e. The average Bonchev–Trinajstić information content (AvgIpc) is 3.43. The maximum absolute atomic E-state index is 16.7. The van der Waals surface area contributed by atoms with Crippen LogP contribution in [-0.2, 0) is 14.3 Å². The number of rotatable bonds is 17. The van der Waals surface area contributed by atoms with Crippen molar-refractivity contribution < 1.29 is 33.5 Å². The van der Waals surface area contributed by atoms with Crippen LogP contribution in [0.1, 0.15) is 120 Å². The second-order valence-corrected chi connectivity index (χ2v) is 26.2. The van der Waals surface area contributed by atoms with Gasteiger partial charge in [-0.05, 0) is 119 Å². The Morgan fingerprint density at radius 1 is 0.866 bits per heavy atom. The Kier molecular flexibility index (Phi) is 16.6. The van der Waals surface area contributed by atoms with E-state index in [4.69, 9.17) is 15.0 Å². The van der Waals surface area contributed by atoms with Crippen molar-refractivity contribution in [3.8, 4) is 27.4 Å². The van der Waals surface area contributed by atoms with Crippen LogP contribution in [-0.4, -0.2) is 182 Å². The Bertz CT molecular complexity index is 2990. The number of nitrogen functional groups attached to an aromatic ring is 1. The van der Waals surface area contributed by atoms with Crippen molar-refractivity contribution in [2.75, 3.05) is 87.5 Å². The summed E-state index contributed by atoms with van der Waals surface area (Å²) in [6.07, 6.45) is 9.48. The zero-order chi connectivity index (χ0) is 56.8. The highest BCUT2D eigenvalue weighted by Crippen LogP contribution is 2.42. The van der Waals surface area contributed by atoms with Gasteiger partial charge >= 0.3 is 0 Å². The SMILES string of the molecule is Cc1ncsc1-c1ccc([C@H](C)NC(=O)[C@@H]2C[C@@H](O)CN2C(=O)[C@@H](c2cc(N3CCC(CN4CCC(O[C@H]5C[C@H](N6CCC(F)(CN7C8CCC7CN(c7cc(-c9ccccc9O)nnc7N)C8)CC6)C5)CC4)CC3)no2)C(C)C)cc1. The predicted octanol–water partition coefficient (Wildman–Crippen LogP) is 7.82. The molecule has 12 rings (SSSR count). The van der Waals surface area contributed by atoms with E-state index in [1.807, 2.05) is 81.7 Å². The molecule has 2 aromatic carbocycles. The number of phenols is 1. The largest absolute Gasteiger partial charge is 0.507 e. The Hall–Kier alpha value is -5.77. The number of nitrogens with two attached hydrogens (primary N) is 1. The summed E-state index contributed by atoms with van der Waals surface area (Å²) in [4.78, 5) is 47.4. The highest BCUT2D eigenvalue weighted by molar-refractivity contribution is 7.13. The Morgan fingerprint density at radius 2 is 1.59 bits per heavy atom. The number of anilines is 3. The van der Waals surface area contributed by atoms with Crippen LogP contribution in [0.15, 0.2) is 70.7 Å². The normalized spacial score (nSPS) is 26.5. The lowest BCUT2D eigenvalue weighted by Crippen LogP contribution is -2.60. The molecule has 9 heterocycles. The number of aryl methyl sites for hydroxylation is 1. The van der Waals surface area contributed by atoms with Crippen molar-refractivity contribution in [1.82, 2.24) is 45.3 Å². The quantitative estimate of drug-likeness (QED) is 0.0701. The molecule has 82 heavy (non-hydrogen) atoms. The number of piperazine rings is 1. The standard InChI is InChI=1S/C62H83FN12O6S/c1-38(2)57(61(79)74-35-47(76)29-53(74)60(78)66-39(3)42-9-11-43(12-10-42)58-40(4)65-37-82-58)55-31-56(69-81-55)72-23-15-41(16-24-72)32-70-21-17-48(18-22-70)80-49-27-46(28-49)71-25-19-62(63,20-26-71)36-75-44-13-14-45(75)34-73(33-44)52-30-51(67-68-59(52)64)50-7-5-6-8-54(50)77/h5-12,30-31,37-39,41,44-49,53,57,76-77H,13-29,32-36H2,1-4H3,(H2,64,68)(H,66,78)/t39-,44?,45?,46-,47+,49-,53-,57+/m0/s1. The van der Waals surface area contributed by atoms with Gasteiger partial charge in [-0.15, -0.1) is 21.5 Å². The summed E-state index contributed by atoms with van der Waals surface area (Å²) in [6, 6.07) is 19.0. The lowest BCUT2D eigenvalue weighted by atomic mass is 9.84. The van der Waals surface area contributed by atoms with E-state index in [0.717, 1.165) is 143 Å². The molecule has 20 heteroatoms. The Labute approximate surface area is 485 Å². The number of aromatic nitrogens is 4. The number of carbonyl (C=O) groups is 2. The molecule has 6 atom stereocenters. The molecule has 5 aromatic rings. The monoisotopic (exact) mass is 1140 g/mol. The first kappa shape index (κ1) is 56.7. The number of β-amino-alcohol motifs (C(OH)–C–C–N with tert-alkyl or cyclic N) is 1. The van der Waals surface area contributed by atoms with Gasteiger partial charge in [0.05, 0.1) is 51.8 Å². The molecule has 7 fully saturated rings. The number of ether oxygens (including phenoxy) is 1. The van der Waals surface area contributed by atoms with Crippen molar-refractivity contribution >= 4 is 40.5 Å². The fourth-order valence-electron chi connectivity index (χ4n) is 14.5. The topological polar surface area (TPSA) is 206 Å². The molecule has 0 spiro atoms. The van der Waals surface area contributed by atoms with Crippen molar-refractivity contribution in [1.29, 1.82) is 0 Å². The number of hydrogen-bond acceptors (Lipinski definition) is 17. The summed E-state index contributed by atoms with van der Waals surface area (Å²) in [6.45, 7) is 16.5. The van der Waals surface area contributed by atoms with Crippen LogP contribution in [0.25, 0.3) is 21.7 Å². The average molecular weight is 1140 g/mol. The summed E-state index contributed by atoms with van der Waals surface area (Å²) in [5, 5.41) is 37.4. The molecule has 6 aliphatic heterocycles. The van der Waals surface area contributed by atoms with E-state index in [0.29, 0.717) is 66.4 Å². The second kappa shape index (κ2) is 24.1. The number of para-hydroxylation sites is 1. The van der Waals surface area contributed by atoms with Crippen molar-refractivity contribution in [3.63, 3.8) is 0 Å². The van der Waals surface area contributed by atoms with Gasteiger partial charge in [0.1, 0.15) is 23.4 Å². The molecule has 440 valence electrons. The number of phenolic OH excluding ortho intramolecular Hbond substituents is 1. The molecule has 18 nitrogen and oxygen atoms in total. The van der Waals surface area contributed by atoms with Crippen LogP contribution in [0, 0.1) is 18.8 Å². The number of aliphatic hydroxyl groups excluding tert-OH is 1. The first-order chi connectivity index (χ1) is 39.6. The highest BCUT2D eigenvalue weighted by atomic mass is 32.1. The lowest BCUT2D eigenvalue weighted by Gasteiger charge is -2.49. The van der Waals surface area contributed by atoms with Gasteiger partial charge in [0.15, 0.2) is 17.4 Å². The Morgan fingerprint density at radius 3 is 2.27 bits per heavy atom. The molecule has 2 bridgehead atoms. The van der Waals surface area contributed by atoms with E-state index >= 15 is 4.39 Å². The number of nitrogens with one attached hydrogen (secondary N) is 1. The van der Waals surface area contributed by atoms with Crippen LogP contribution < -0.4 is 20.9 Å². The van der Waals surface area contributed by atoms with Gasteiger partial charge in [0.2, 0.25) is 11.8 Å². The smallest absolute Gasteiger partial charge is 0.243 e. The summed E-state index contributed by atoms with van der Waals surface area (Å²) in [7, 11) is 0. The van der Waals surface area contributed by atoms with Crippen LogP contribution >= 0.6 is 11.3 Å². The molecule has 0 radical (unpaired) electrons. The van der Waals surface area contributed by atoms with Crippen LogP contribution in [0.4, 0.5) is 21.7 Å². The minimum absolute atomic E-state index is 0.0848. The number of piperidine rings is 3.